The van der Waals surface area contributed by atoms with Gasteiger partial charge in [0.05, 0.1) is 28.0 Å². The zero-order chi connectivity index (χ0) is 21.4. The molecule has 0 bridgehead atoms. The molecule has 2 aromatic rings. The fourth-order valence-electron chi connectivity index (χ4n) is 4.19. The highest BCUT2D eigenvalue weighted by Gasteiger charge is 2.49. The summed E-state index contributed by atoms with van der Waals surface area (Å²) in [6.45, 7) is 2.10. The predicted octanol–water partition coefficient (Wildman–Crippen LogP) is 3.74. The van der Waals surface area contributed by atoms with Crippen LogP contribution in [0.25, 0.3) is 0 Å². The molecule has 0 aromatic heterocycles. The minimum absolute atomic E-state index is 0.103. The van der Waals surface area contributed by atoms with Crippen molar-refractivity contribution in [2.75, 3.05) is 4.90 Å². The van der Waals surface area contributed by atoms with Gasteiger partial charge in [-0.1, -0.05) is 6.92 Å². The molecule has 1 saturated carbocycles. The van der Waals surface area contributed by atoms with Crippen LogP contribution in [-0.4, -0.2) is 22.7 Å². The lowest BCUT2D eigenvalue weighted by Gasteiger charge is -2.25. The molecule has 2 aliphatic rings. The number of nitro groups is 1. The molecule has 4 rings (SSSR count). The summed E-state index contributed by atoms with van der Waals surface area (Å²) in [7, 11) is 0. The number of amides is 2. The molecule has 8 heteroatoms. The van der Waals surface area contributed by atoms with E-state index in [1.807, 2.05) is 0 Å². The number of imide groups is 1. The third kappa shape index (κ3) is 3.56. The van der Waals surface area contributed by atoms with Crippen molar-refractivity contribution < 1.29 is 24.0 Å². The van der Waals surface area contributed by atoms with Gasteiger partial charge in [-0.15, -0.1) is 0 Å². The van der Waals surface area contributed by atoms with Crippen molar-refractivity contribution in [3.8, 4) is 5.75 Å². The molecular weight excluding hydrogens is 388 g/mol. The number of benzene rings is 2. The smallest absolute Gasteiger partial charge is 0.343 e. The summed E-state index contributed by atoms with van der Waals surface area (Å²) in [5.41, 5.74) is 0.579. The van der Waals surface area contributed by atoms with E-state index in [1.165, 1.54) is 41.3 Å². The second-order valence-corrected chi connectivity index (χ2v) is 7.83. The molecule has 1 saturated heterocycles. The number of nitro benzene ring substituents is 1. The van der Waals surface area contributed by atoms with Crippen molar-refractivity contribution in [1.82, 2.24) is 0 Å². The fraction of sp³-hybridized carbons (Fsp3) is 0.318. The van der Waals surface area contributed by atoms with Crippen molar-refractivity contribution in [3.05, 3.63) is 64.2 Å². The van der Waals surface area contributed by atoms with Crippen LogP contribution in [0.1, 0.15) is 36.5 Å². The quantitative estimate of drug-likeness (QED) is 0.251. The van der Waals surface area contributed by atoms with Gasteiger partial charge in [0.1, 0.15) is 5.75 Å². The van der Waals surface area contributed by atoms with Gasteiger partial charge >= 0.3 is 5.97 Å². The Morgan fingerprint density at radius 3 is 2.27 bits per heavy atom. The summed E-state index contributed by atoms with van der Waals surface area (Å²) in [4.78, 5) is 49.3. The molecule has 2 amide bonds. The Morgan fingerprint density at radius 1 is 1.00 bits per heavy atom. The number of carbonyl (C=O) groups excluding carboxylic acids is 3. The molecule has 2 aromatic carbocycles. The van der Waals surface area contributed by atoms with Gasteiger partial charge in [-0.2, -0.15) is 0 Å². The van der Waals surface area contributed by atoms with E-state index in [-0.39, 0.29) is 40.7 Å². The first kappa shape index (κ1) is 19.8. The number of hydrogen-bond donors (Lipinski definition) is 0. The second kappa shape index (κ2) is 7.70. The molecular formula is C22H20N2O6. The maximum atomic E-state index is 12.8. The van der Waals surface area contributed by atoms with Crippen molar-refractivity contribution in [2.45, 2.75) is 26.2 Å². The highest BCUT2D eigenvalue weighted by Crippen LogP contribution is 2.42. The van der Waals surface area contributed by atoms with Gasteiger partial charge < -0.3 is 4.74 Å². The minimum atomic E-state index is -0.642. The monoisotopic (exact) mass is 408 g/mol. The van der Waals surface area contributed by atoms with Crippen LogP contribution >= 0.6 is 0 Å². The van der Waals surface area contributed by atoms with Crippen molar-refractivity contribution >= 4 is 29.2 Å². The van der Waals surface area contributed by atoms with Gasteiger partial charge in [0.2, 0.25) is 11.8 Å². The molecule has 30 heavy (non-hydrogen) atoms. The summed E-state index contributed by atoms with van der Waals surface area (Å²) in [6, 6.07) is 11.3. The highest BCUT2D eigenvalue weighted by molar-refractivity contribution is 6.22. The largest absolute Gasteiger partial charge is 0.423 e. The first-order valence-corrected chi connectivity index (χ1v) is 9.79. The number of fused-ring (bicyclic) bond motifs is 1. The van der Waals surface area contributed by atoms with Crippen LogP contribution in [0.5, 0.6) is 5.75 Å². The lowest BCUT2D eigenvalue weighted by atomic mass is 9.76. The Bertz CT molecular complexity index is 1010. The predicted molar refractivity (Wildman–Crippen MR) is 107 cm³/mol. The van der Waals surface area contributed by atoms with Crippen molar-refractivity contribution in [3.63, 3.8) is 0 Å². The molecule has 0 unspecified atom stereocenters. The third-order valence-electron chi connectivity index (χ3n) is 5.81. The number of carbonyl (C=O) groups is 3. The van der Waals surface area contributed by atoms with Crippen molar-refractivity contribution in [2.24, 2.45) is 17.8 Å². The van der Waals surface area contributed by atoms with Gasteiger partial charge in [0, 0.05) is 12.1 Å². The molecule has 0 N–H and O–H groups in total. The third-order valence-corrected chi connectivity index (χ3v) is 5.81. The number of esters is 1. The standard InChI is InChI=1S/C22H20N2O6/c1-13-2-11-18-19(12-13)21(26)23(20(18)25)15-5-3-14(4-6-15)22(27)30-17-9-7-16(8-10-17)24(28)29/h3-10,13,18-19H,2,11-12H2,1H3/t13-,18+,19+/m0/s1. The van der Waals surface area contributed by atoms with Crippen LogP contribution in [0.2, 0.25) is 0 Å². The van der Waals surface area contributed by atoms with E-state index in [1.54, 1.807) is 12.1 Å². The van der Waals surface area contributed by atoms with E-state index >= 15 is 0 Å². The Morgan fingerprint density at radius 2 is 1.63 bits per heavy atom. The van der Waals surface area contributed by atoms with E-state index < -0.39 is 10.9 Å². The summed E-state index contributed by atoms with van der Waals surface area (Å²) in [6.07, 6.45) is 2.40. The van der Waals surface area contributed by atoms with Gasteiger partial charge in [0.15, 0.2) is 0 Å². The number of rotatable bonds is 4. The molecule has 8 nitrogen and oxygen atoms in total. The normalized spacial score (nSPS) is 23.2. The van der Waals surface area contributed by atoms with E-state index in [2.05, 4.69) is 6.92 Å². The van der Waals surface area contributed by atoms with E-state index in [0.717, 1.165) is 19.3 Å². The van der Waals surface area contributed by atoms with E-state index in [9.17, 15) is 24.5 Å². The maximum Gasteiger partial charge on any atom is 0.343 e. The van der Waals surface area contributed by atoms with Gasteiger partial charge in [-0.3, -0.25) is 24.6 Å². The van der Waals surface area contributed by atoms with Gasteiger partial charge in [-0.25, -0.2) is 4.79 Å². The molecule has 1 heterocycles. The van der Waals surface area contributed by atoms with Crippen LogP contribution in [0.15, 0.2) is 48.5 Å². The van der Waals surface area contributed by atoms with E-state index in [4.69, 9.17) is 4.74 Å². The Kier molecular flexibility index (Phi) is 5.07. The zero-order valence-corrected chi connectivity index (χ0v) is 16.3. The van der Waals surface area contributed by atoms with Crippen LogP contribution in [-0.2, 0) is 9.59 Å². The second-order valence-electron chi connectivity index (χ2n) is 7.83. The first-order chi connectivity index (χ1) is 14.3. The molecule has 2 fully saturated rings. The van der Waals surface area contributed by atoms with Crippen molar-refractivity contribution in [1.29, 1.82) is 0 Å². The van der Waals surface area contributed by atoms with Gasteiger partial charge in [0.25, 0.3) is 5.69 Å². The van der Waals surface area contributed by atoms with E-state index in [0.29, 0.717) is 11.6 Å². The summed E-state index contributed by atoms with van der Waals surface area (Å²) in [5.74, 6) is -0.876. The molecule has 154 valence electrons. The number of anilines is 1. The summed E-state index contributed by atoms with van der Waals surface area (Å²) >= 11 is 0. The SMILES string of the molecule is C[C@H]1CC[C@H]2C(=O)N(c3ccc(C(=O)Oc4ccc([N+](=O)[O-])cc4)cc3)C(=O)[C@@H]2C1. The average Bonchev–Trinajstić information content (AvgIpc) is 2.98. The van der Waals surface area contributed by atoms with Crippen LogP contribution < -0.4 is 9.64 Å². The Hall–Kier alpha value is -3.55. The zero-order valence-electron chi connectivity index (χ0n) is 16.3. The molecule has 3 atom stereocenters. The molecule has 0 spiro atoms. The average molecular weight is 408 g/mol. The summed E-state index contributed by atoms with van der Waals surface area (Å²) in [5, 5.41) is 10.7. The number of nitrogens with zero attached hydrogens (tertiary/aromatic N) is 2. The van der Waals surface area contributed by atoms with Crippen LogP contribution in [0.3, 0.4) is 0 Å². The first-order valence-electron chi connectivity index (χ1n) is 9.79. The topological polar surface area (TPSA) is 107 Å². The van der Waals surface area contributed by atoms with Crippen LogP contribution in [0, 0.1) is 27.9 Å². The maximum absolute atomic E-state index is 12.8. The Labute approximate surface area is 172 Å². The molecule has 0 radical (unpaired) electrons. The molecule has 1 aliphatic heterocycles. The number of hydrogen-bond acceptors (Lipinski definition) is 6. The Balaban J connectivity index is 1.47. The lowest BCUT2D eigenvalue weighted by Crippen LogP contribution is -2.30. The number of ether oxygens (including phenoxy) is 1. The van der Waals surface area contributed by atoms with Crippen LogP contribution in [0.4, 0.5) is 11.4 Å². The highest BCUT2D eigenvalue weighted by atomic mass is 16.6. The minimum Gasteiger partial charge on any atom is -0.423 e. The lowest BCUT2D eigenvalue weighted by molar-refractivity contribution is -0.384. The summed E-state index contributed by atoms with van der Waals surface area (Å²) < 4.78 is 5.22. The van der Waals surface area contributed by atoms with Gasteiger partial charge in [-0.05, 0) is 61.6 Å². The number of non-ortho nitro benzene ring substituents is 1. The fourth-order valence-corrected chi connectivity index (χ4v) is 4.19. The molecule has 1 aliphatic carbocycles.